The summed E-state index contributed by atoms with van der Waals surface area (Å²) in [5.74, 6) is 0.345. The molecule has 2 aromatic heterocycles. The molecule has 0 radical (unpaired) electrons. The van der Waals surface area contributed by atoms with E-state index >= 15 is 0 Å². The second-order valence-electron chi connectivity index (χ2n) is 2.57. The van der Waals surface area contributed by atoms with Crippen LogP contribution in [0.25, 0.3) is 0 Å². The number of anilines is 1. The smallest absolute Gasteiger partial charge is 0.213 e. The highest BCUT2D eigenvalue weighted by molar-refractivity contribution is 7.09. The third-order valence-electron chi connectivity index (χ3n) is 1.72. The fourth-order valence-electron chi connectivity index (χ4n) is 1.04. The lowest BCUT2D eigenvalue weighted by Crippen LogP contribution is -2.03. The average Bonchev–Trinajstić information content (AvgIpc) is 2.77. The molecule has 2 rings (SSSR count). The number of nitriles is 1. The lowest BCUT2D eigenvalue weighted by molar-refractivity contribution is 0.757. The Kier molecular flexibility index (Phi) is 2.12. The monoisotopic (exact) mass is 206 g/mol. The van der Waals surface area contributed by atoms with Crippen LogP contribution in [0.3, 0.4) is 0 Å². The average molecular weight is 206 g/mol. The van der Waals surface area contributed by atoms with E-state index < -0.39 is 0 Å². The normalized spacial score (nSPS) is 9.93. The number of aromatic nitrogens is 4. The summed E-state index contributed by atoms with van der Waals surface area (Å²) in [5, 5.41) is 13.1. The van der Waals surface area contributed by atoms with Gasteiger partial charge in [0, 0.05) is 23.9 Å². The first-order valence-electron chi connectivity index (χ1n) is 3.79. The van der Waals surface area contributed by atoms with E-state index in [0.717, 1.165) is 11.5 Å². The third kappa shape index (κ3) is 1.43. The van der Waals surface area contributed by atoms with Gasteiger partial charge in [-0.3, -0.25) is 0 Å². The first-order valence-corrected chi connectivity index (χ1v) is 4.56. The second-order valence-corrected chi connectivity index (χ2v) is 3.36. The minimum Gasteiger partial charge on any atom is -0.388 e. The summed E-state index contributed by atoms with van der Waals surface area (Å²) in [6, 6.07) is 1.97. The summed E-state index contributed by atoms with van der Waals surface area (Å²) >= 11 is 1.14. The van der Waals surface area contributed by atoms with E-state index in [-0.39, 0.29) is 0 Å². The quantitative estimate of drug-likeness (QED) is 0.759. The number of hydrogen-bond donors (Lipinski definition) is 1. The Morgan fingerprint density at radius 1 is 1.64 bits per heavy atom. The molecule has 7 heteroatoms. The summed E-state index contributed by atoms with van der Waals surface area (Å²) in [6.07, 6.45) is 3.27. The Labute approximate surface area is 83.8 Å². The standard InChI is InChI=1S/C7H6N6S/c8-3-6-10-1-2-13(6)4-5-7(9)14-12-11-5/h1-2H,4,9H2. The number of nitrogens with two attached hydrogens (primary N) is 1. The van der Waals surface area contributed by atoms with Gasteiger partial charge < -0.3 is 10.3 Å². The van der Waals surface area contributed by atoms with Crippen molar-refractivity contribution in [3.63, 3.8) is 0 Å². The predicted octanol–water partition coefficient (Wildman–Crippen LogP) is 0.237. The predicted molar refractivity (Wildman–Crippen MR) is 50.4 cm³/mol. The van der Waals surface area contributed by atoms with Gasteiger partial charge in [0.2, 0.25) is 5.82 Å². The second kappa shape index (κ2) is 3.43. The summed E-state index contributed by atoms with van der Waals surface area (Å²) in [4.78, 5) is 3.86. The van der Waals surface area contributed by atoms with E-state index in [1.807, 2.05) is 6.07 Å². The molecule has 0 unspecified atom stereocenters. The highest BCUT2D eigenvalue weighted by atomic mass is 32.1. The number of rotatable bonds is 2. The molecular formula is C7H6N6S. The summed E-state index contributed by atoms with van der Waals surface area (Å²) in [7, 11) is 0. The first-order chi connectivity index (χ1) is 6.81. The molecule has 0 spiro atoms. The summed E-state index contributed by atoms with van der Waals surface area (Å²) < 4.78 is 5.38. The highest BCUT2D eigenvalue weighted by Crippen LogP contribution is 2.14. The number of hydrogen-bond acceptors (Lipinski definition) is 6. The number of nitrogens with zero attached hydrogens (tertiary/aromatic N) is 5. The van der Waals surface area contributed by atoms with Crippen LogP contribution in [0.15, 0.2) is 12.4 Å². The van der Waals surface area contributed by atoms with Gasteiger partial charge in [-0.2, -0.15) is 5.26 Å². The van der Waals surface area contributed by atoms with Gasteiger partial charge in [-0.15, -0.1) is 5.10 Å². The maximum Gasteiger partial charge on any atom is 0.213 e. The van der Waals surface area contributed by atoms with Gasteiger partial charge in [0.05, 0.1) is 6.54 Å². The van der Waals surface area contributed by atoms with Gasteiger partial charge in [-0.25, -0.2) is 4.98 Å². The summed E-state index contributed by atoms with van der Waals surface area (Å²) in [6.45, 7) is 0.436. The Balaban J connectivity index is 2.28. The highest BCUT2D eigenvalue weighted by Gasteiger charge is 2.07. The van der Waals surface area contributed by atoms with E-state index in [1.165, 1.54) is 0 Å². The van der Waals surface area contributed by atoms with Crippen molar-refractivity contribution in [2.75, 3.05) is 5.73 Å². The molecule has 0 aromatic carbocycles. The number of imidazole rings is 1. The Hall–Kier alpha value is -1.94. The maximum atomic E-state index is 8.71. The van der Waals surface area contributed by atoms with Crippen molar-refractivity contribution in [3.05, 3.63) is 23.9 Å². The van der Waals surface area contributed by atoms with E-state index in [2.05, 4.69) is 14.6 Å². The maximum absolute atomic E-state index is 8.71. The van der Waals surface area contributed by atoms with Gasteiger partial charge in [0.15, 0.2) is 0 Å². The van der Waals surface area contributed by atoms with Crippen LogP contribution in [-0.4, -0.2) is 19.1 Å². The minimum atomic E-state index is 0.345. The fourth-order valence-corrected chi connectivity index (χ4v) is 1.47. The zero-order valence-corrected chi connectivity index (χ0v) is 7.90. The largest absolute Gasteiger partial charge is 0.388 e. The molecule has 2 N–H and O–H groups in total. The lowest BCUT2D eigenvalue weighted by Gasteiger charge is -1.99. The van der Waals surface area contributed by atoms with E-state index in [1.54, 1.807) is 17.0 Å². The van der Waals surface area contributed by atoms with E-state index in [9.17, 15) is 0 Å². The van der Waals surface area contributed by atoms with Crippen LogP contribution in [0.5, 0.6) is 0 Å². The zero-order chi connectivity index (χ0) is 9.97. The van der Waals surface area contributed by atoms with E-state index in [0.29, 0.717) is 23.1 Å². The van der Waals surface area contributed by atoms with Crippen LogP contribution < -0.4 is 5.73 Å². The SMILES string of the molecule is N#Cc1nccn1Cc1nnsc1N. The van der Waals surface area contributed by atoms with Crippen LogP contribution in [0, 0.1) is 11.3 Å². The van der Waals surface area contributed by atoms with Crippen LogP contribution in [-0.2, 0) is 6.54 Å². The lowest BCUT2D eigenvalue weighted by atomic mass is 10.4. The van der Waals surface area contributed by atoms with Crippen LogP contribution in [0.4, 0.5) is 5.00 Å². The molecule has 2 heterocycles. The molecule has 0 aliphatic rings. The minimum absolute atomic E-state index is 0.345. The van der Waals surface area contributed by atoms with Crippen molar-refractivity contribution in [3.8, 4) is 6.07 Å². The molecule has 0 aliphatic heterocycles. The first kappa shape index (κ1) is 8.65. The molecule has 0 atom stereocenters. The fraction of sp³-hybridized carbons (Fsp3) is 0.143. The molecule has 6 nitrogen and oxygen atoms in total. The third-order valence-corrected chi connectivity index (χ3v) is 2.32. The Morgan fingerprint density at radius 2 is 2.50 bits per heavy atom. The van der Waals surface area contributed by atoms with Crippen LogP contribution >= 0.6 is 11.5 Å². The molecule has 0 amide bonds. The van der Waals surface area contributed by atoms with Gasteiger partial charge in [0.25, 0.3) is 0 Å². The van der Waals surface area contributed by atoms with Crippen molar-refractivity contribution < 1.29 is 0 Å². The van der Waals surface area contributed by atoms with Gasteiger partial charge >= 0.3 is 0 Å². The molecular weight excluding hydrogens is 200 g/mol. The zero-order valence-electron chi connectivity index (χ0n) is 7.08. The molecule has 0 aliphatic carbocycles. The number of nitrogen functional groups attached to an aromatic ring is 1. The Bertz CT molecular complexity index is 478. The molecule has 0 saturated heterocycles. The van der Waals surface area contributed by atoms with E-state index in [4.69, 9.17) is 11.0 Å². The summed E-state index contributed by atoms with van der Waals surface area (Å²) in [5.41, 5.74) is 6.30. The van der Waals surface area contributed by atoms with Gasteiger partial charge in [-0.05, 0) is 0 Å². The van der Waals surface area contributed by atoms with Crippen molar-refractivity contribution in [1.29, 1.82) is 5.26 Å². The van der Waals surface area contributed by atoms with Crippen LogP contribution in [0.1, 0.15) is 11.5 Å². The van der Waals surface area contributed by atoms with Crippen molar-refractivity contribution in [2.45, 2.75) is 6.54 Å². The topological polar surface area (TPSA) is 93.4 Å². The van der Waals surface area contributed by atoms with Crippen molar-refractivity contribution >= 4 is 16.5 Å². The van der Waals surface area contributed by atoms with Crippen molar-refractivity contribution in [2.24, 2.45) is 0 Å². The molecule has 0 saturated carbocycles. The molecule has 2 aromatic rings. The van der Waals surface area contributed by atoms with Crippen molar-refractivity contribution in [1.82, 2.24) is 19.1 Å². The Morgan fingerprint density at radius 3 is 3.14 bits per heavy atom. The molecule has 0 bridgehead atoms. The van der Waals surface area contributed by atoms with Crippen LogP contribution in [0.2, 0.25) is 0 Å². The van der Waals surface area contributed by atoms with Gasteiger partial charge in [0.1, 0.15) is 16.8 Å². The molecule has 0 fully saturated rings. The molecule has 14 heavy (non-hydrogen) atoms. The van der Waals surface area contributed by atoms with Gasteiger partial charge in [-0.1, -0.05) is 4.49 Å². The molecule has 70 valence electrons.